The molecule has 2 atom stereocenters. The molecule has 3 heterocycles. The molecule has 0 saturated carbocycles. The molecule has 1 aliphatic rings. The summed E-state index contributed by atoms with van der Waals surface area (Å²) in [6.07, 6.45) is 2.55. The summed E-state index contributed by atoms with van der Waals surface area (Å²) in [7, 11) is 0. The molecule has 1 fully saturated rings. The van der Waals surface area contributed by atoms with E-state index in [1.54, 1.807) is 10.7 Å². The Morgan fingerprint density at radius 1 is 1.28 bits per heavy atom. The van der Waals surface area contributed by atoms with Crippen LogP contribution in [0.15, 0.2) is 54.9 Å². The van der Waals surface area contributed by atoms with Crippen molar-refractivity contribution in [1.29, 1.82) is 0 Å². The second-order valence-corrected chi connectivity index (χ2v) is 6.19. The van der Waals surface area contributed by atoms with Crippen molar-refractivity contribution in [2.24, 2.45) is 0 Å². The van der Waals surface area contributed by atoms with Crippen LogP contribution in [0.1, 0.15) is 18.2 Å². The van der Waals surface area contributed by atoms with Crippen LogP contribution in [0.5, 0.6) is 0 Å². The van der Waals surface area contributed by atoms with E-state index in [1.165, 1.54) is 4.90 Å². The molecule has 7 nitrogen and oxygen atoms in total. The lowest BCUT2D eigenvalue weighted by atomic mass is 9.77. The Morgan fingerprint density at radius 3 is 2.84 bits per heavy atom. The van der Waals surface area contributed by atoms with Crippen molar-refractivity contribution in [3.63, 3.8) is 0 Å². The lowest BCUT2D eigenvalue weighted by Gasteiger charge is -2.50. The largest absolute Gasteiger partial charge is 0.465 e. The first-order valence-electron chi connectivity index (χ1n) is 8.24. The lowest BCUT2D eigenvalue weighted by molar-refractivity contribution is 0.0506. The predicted octanol–water partition coefficient (Wildman–Crippen LogP) is 1.94. The number of carboxylic acid groups (broad SMARTS) is 1. The molecular weight excluding hydrogens is 318 g/mol. The molecule has 0 radical (unpaired) electrons. The molecule has 1 saturated heterocycles. The predicted molar refractivity (Wildman–Crippen MR) is 92.4 cm³/mol. The molecule has 1 aromatic carbocycles. The second-order valence-electron chi connectivity index (χ2n) is 6.19. The molecule has 25 heavy (non-hydrogen) atoms. The topological polar surface area (TPSA) is 82.8 Å². The van der Waals surface area contributed by atoms with Gasteiger partial charge in [0.2, 0.25) is 0 Å². The Balaban J connectivity index is 2.02. The van der Waals surface area contributed by atoms with Crippen molar-refractivity contribution >= 4 is 11.7 Å². The van der Waals surface area contributed by atoms with Gasteiger partial charge >= 0.3 is 6.09 Å². The van der Waals surface area contributed by atoms with E-state index in [0.29, 0.717) is 24.4 Å². The number of carbonyl (C=O) groups is 1. The van der Waals surface area contributed by atoms with E-state index < -0.39 is 11.6 Å². The molecule has 4 rings (SSSR count). The van der Waals surface area contributed by atoms with Crippen LogP contribution in [0.2, 0.25) is 0 Å². The molecular formula is C18H19N5O2. The van der Waals surface area contributed by atoms with Crippen molar-refractivity contribution in [1.82, 2.24) is 24.8 Å². The van der Waals surface area contributed by atoms with Gasteiger partial charge in [0.15, 0.2) is 5.65 Å². The summed E-state index contributed by atoms with van der Waals surface area (Å²) in [5.74, 6) is 0. The third kappa shape index (κ3) is 2.27. The molecule has 2 unspecified atom stereocenters. The van der Waals surface area contributed by atoms with E-state index in [2.05, 4.69) is 10.4 Å². The molecule has 2 aromatic heterocycles. The summed E-state index contributed by atoms with van der Waals surface area (Å²) in [5.41, 5.74) is 1.37. The van der Waals surface area contributed by atoms with Crippen LogP contribution in [0.3, 0.4) is 0 Å². The quantitative estimate of drug-likeness (QED) is 0.747. The number of amides is 1. The Labute approximate surface area is 144 Å². The van der Waals surface area contributed by atoms with E-state index >= 15 is 0 Å². The minimum absolute atomic E-state index is 0.141. The van der Waals surface area contributed by atoms with Gasteiger partial charge in [-0.3, -0.25) is 4.90 Å². The van der Waals surface area contributed by atoms with Crippen LogP contribution in [0.25, 0.3) is 5.65 Å². The fourth-order valence-corrected chi connectivity index (χ4v) is 3.83. The van der Waals surface area contributed by atoms with Crippen LogP contribution in [-0.4, -0.2) is 49.8 Å². The number of rotatable bonds is 2. The van der Waals surface area contributed by atoms with Gasteiger partial charge in [-0.05, 0) is 18.6 Å². The standard InChI is InChI=1S/C18H19N5O2/c1-13-18(14-5-3-2-4-6-14,22(17(24)25)12-10-19-13)15-8-11-23-16(21-15)7-9-20-23/h2-9,11,13,19H,10,12H2,1H3,(H,24,25). The molecule has 1 amide bonds. The third-order valence-electron chi connectivity index (χ3n) is 4.93. The van der Waals surface area contributed by atoms with Gasteiger partial charge in [-0.2, -0.15) is 5.10 Å². The van der Waals surface area contributed by atoms with E-state index in [-0.39, 0.29) is 6.04 Å². The number of benzene rings is 1. The van der Waals surface area contributed by atoms with Crippen molar-refractivity contribution in [3.05, 3.63) is 66.1 Å². The summed E-state index contributed by atoms with van der Waals surface area (Å²) in [6.45, 7) is 3.00. The lowest BCUT2D eigenvalue weighted by Crippen LogP contribution is -2.66. The van der Waals surface area contributed by atoms with E-state index in [0.717, 1.165) is 5.56 Å². The SMILES string of the molecule is CC1NCCN(C(=O)O)C1(c1ccccc1)c1ccn2nccc2n1. The van der Waals surface area contributed by atoms with Crippen LogP contribution >= 0.6 is 0 Å². The van der Waals surface area contributed by atoms with Crippen molar-refractivity contribution in [2.75, 3.05) is 13.1 Å². The minimum atomic E-state index is -0.951. The van der Waals surface area contributed by atoms with Gasteiger partial charge in [-0.1, -0.05) is 30.3 Å². The van der Waals surface area contributed by atoms with Crippen molar-refractivity contribution in [2.45, 2.75) is 18.5 Å². The molecule has 3 aromatic rings. The number of fused-ring (bicyclic) bond motifs is 1. The van der Waals surface area contributed by atoms with E-state index in [9.17, 15) is 9.90 Å². The molecule has 128 valence electrons. The number of hydrogen-bond donors (Lipinski definition) is 2. The third-order valence-corrected chi connectivity index (χ3v) is 4.93. The summed E-state index contributed by atoms with van der Waals surface area (Å²) < 4.78 is 1.67. The Morgan fingerprint density at radius 2 is 2.08 bits per heavy atom. The van der Waals surface area contributed by atoms with Gasteiger partial charge < -0.3 is 10.4 Å². The van der Waals surface area contributed by atoms with Gasteiger partial charge in [-0.15, -0.1) is 0 Å². The van der Waals surface area contributed by atoms with Gasteiger partial charge in [0.25, 0.3) is 0 Å². The normalized spacial score (nSPS) is 23.7. The number of nitrogens with one attached hydrogen (secondary N) is 1. The average Bonchev–Trinajstić information content (AvgIpc) is 3.10. The number of aromatic nitrogens is 3. The Kier molecular flexibility index (Phi) is 3.65. The smallest absolute Gasteiger partial charge is 0.408 e. The van der Waals surface area contributed by atoms with Gasteiger partial charge in [0, 0.05) is 31.4 Å². The monoisotopic (exact) mass is 337 g/mol. The summed E-state index contributed by atoms with van der Waals surface area (Å²) in [5, 5.41) is 17.6. The van der Waals surface area contributed by atoms with Gasteiger partial charge in [0.1, 0.15) is 5.54 Å². The maximum atomic E-state index is 12.1. The first kappa shape index (κ1) is 15.6. The van der Waals surface area contributed by atoms with Crippen molar-refractivity contribution in [3.8, 4) is 0 Å². The Bertz CT molecular complexity index is 910. The zero-order valence-electron chi connectivity index (χ0n) is 13.8. The van der Waals surface area contributed by atoms with Crippen LogP contribution in [-0.2, 0) is 5.54 Å². The Hall–Kier alpha value is -2.93. The number of hydrogen-bond acceptors (Lipinski definition) is 4. The fourth-order valence-electron chi connectivity index (χ4n) is 3.83. The maximum absolute atomic E-state index is 12.1. The summed E-state index contributed by atoms with van der Waals surface area (Å²) in [4.78, 5) is 18.4. The van der Waals surface area contributed by atoms with Gasteiger partial charge in [0.05, 0.1) is 11.9 Å². The van der Waals surface area contributed by atoms with Crippen LogP contribution in [0.4, 0.5) is 4.79 Å². The highest BCUT2D eigenvalue weighted by Gasteiger charge is 2.50. The van der Waals surface area contributed by atoms with E-state index in [4.69, 9.17) is 4.98 Å². The highest BCUT2D eigenvalue weighted by molar-refractivity contribution is 5.69. The van der Waals surface area contributed by atoms with E-state index in [1.807, 2.05) is 55.6 Å². The minimum Gasteiger partial charge on any atom is -0.465 e. The first-order valence-corrected chi connectivity index (χ1v) is 8.24. The zero-order chi connectivity index (χ0) is 17.4. The molecule has 7 heteroatoms. The second kappa shape index (κ2) is 5.86. The molecule has 0 aliphatic carbocycles. The highest BCUT2D eigenvalue weighted by Crippen LogP contribution is 2.40. The fraction of sp³-hybridized carbons (Fsp3) is 0.278. The molecule has 1 aliphatic heterocycles. The van der Waals surface area contributed by atoms with Gasteiger partial charge in [-0.25, -0.2) is 14.3 Å². The number of nitrogens with zero attached hydrogens (tertiary/aromatic N) is 4. The van der Waals surface area contributed by atoms with Crippen molar-refractivity contribution < 1.29 is 9.90 Å². The average molecular weight is 337 g/mol. The molecule has 0 spiro atoms. The highest BCUT2D eigenvalue weighted by atomic mass is 16.4. The van der Waals surface area contributed by atoms with Crippen LogP contribution in [0, 0.1) is 0 Å². The molecule has 0 bridgehead atoms. The van der Waals surface area contributed by atoms with Crippen LogP contribution < -0.4 is 5.32 Å². The first-order chi connectivity index (χ1) is 12.1. The number of piperazine rings is 1. The zero-order valence-corrected chi connectivity index (χ0v) is 13.8. The maximum Gasteiger partial charge on any atom is 0.408 e. The summed E-state index contributed by atoms with van der Waals surface area (Å²) >= 11 is 0. The molecule has 2 N–H and O–H groups in total. The summed E-state index contributed by atoms with van der Waals surface area (Å²) in [6, 6.07) is 13.2.